The van der Waals surface area contributed by atoms with Crippen molar-refractivity contribution in [1.82, 2.24) is 9.55 Å². The van der Waals surface area contributed by atoms with E-state index in [1.54, 1.807) is 0 Å². The predicted molar refractivity (Wildman–Crippen MR) is 59.0 cm³/mol. The Bertz CT molecular complexity index is 255. The van der Waals surface area contributed by atoms with Gasteiger partial charge in [0.15, 0.2) is 0 Å². The molecule has 0 radical (unpaired) electrons. The fourth-order valence-corrected chi connectivity index (χ4v) is 1.59. The predicted octanol–water partition coefficient (Wildman–Crippen LogP) is 1.87. The first-order valence-electron chi connectivity index (χ1n) is 5.45. The van der Waals surface area contributed by atoms with E-state index in [0.717, 1.165) is 18.7 Å². The molecule has 2 N–H and O–H groups in total. The van der Waals surface area contributed by atoms with Crippen LogP contribution in [0.15, 0.2) is 12.4 Å². The first-order chi connectivity index (χ1) is 6.74. The number of nitrogens with zero attached hydrogens (tertiary/aromatic N) is 2. The van der Waals surface area contributed by atoms with Gasteiger partial charge in [-0.1, -0.05) is 26.2 Å². The van der Waals surface area contributed by atoms with Gasteiger partial charge in [0, 0.05) is 31.9 Å². The molecule has 1 heterocycles. The van der Waals surface area contributed by atoms with Crippen molar-refractivity contribution in [3.63, 3.8) is 0 Å². The third-order valence-electron chi connectivity index (χ3n) is 2.54. The molecule has 1 unspecified atom stereocenters. The average molecular weight is 195 g/mol. The Hall–Kier alpha value is -0.830. The van der Waals surface area contributed by atoms with Gasteiger partial charge in [0.1, 0.15) is 5.82 Å². The molecule has 80 valence electrons. The Labute approximate surface area is 86.3 Å². The Morgan fingerprint density at radius 1 is 1.50 bits per heavy atom. The maximum absolute atomic E-state index is 6.02. The fourth-order valence-electron chi connectivity index (χ4n) is 1.59. The third-order valence-corrected chi connectivity index (χ3v) is 2.54. The van der Waals surface area contributed by atoms with E-state index >= 15 is 0 Å². The minimum absolute atomic E-state index is 0.266. The van der Waals surface area contributed by atoms with Crippen LogP contribution in [0, 0.1) is 0 Å². The van der Waals surface area contributed by atoms with Gasteiger partial charge in [0.25, 0.3) is 0 Å². The standard InChI is InChI=1S/C11H21N3/c1-3-4-5-6-10(12)9-11-13-7-8-14(11)2/h7-8,10H,3-6,9,12H2,1-2H3. The van der Waals surface area contributed by atoms with Gasteiger partial charge in [0.05, 0.1) is 0 Å². The maximum Gasteiger partial charge on any atom is 0.109 e. The zero-order chi connectivity index (χ0) is 10.4. The normalized spacial score (nSPS) is 13.1. The molecule has 0 saturated heterocycles. The first kappa shape index (κ1) is 11.2. The Balaban J connectivity index is 2.27. The lowest BCUT2D eigenvalue weighted by Crippen LogP contribution is -2.24. The quantitative estimate of drug-likeness (QED) is 0.704. The van der Waals surface area contributed by atoms with E-state index in [1.165, 1.54) is 19.3 Å². The second-order valence-electron chi connectivity index (χ2n) is 3.91. The Morgan fingerprint density at radius 2 is 2.29 bits per heavy atom. The Kier molecular flexibility index (Phi) is 4.66. The van der Waals surface area contributed by atoms with Crippen LogP contribution in [0.25, 0.3) is 0 Å². The summed E-state index contributed by atoms with van der Waals surface area (Å²) >= 11 is 0. The molecule has 0 aliphatic heterocycles. The molecule has 0 saturated carbocycles. The van der Waals surface area contributed by atoms with E-state index < -0.39 is 0 Å². The summed E-state index contributed by atoms with van der Waals surface area (Å²) in [5.41, 5.74) is 6.02. The highest BCUT2D eigenvalue weighted by molar-refractivity contribution is 4.93. The molecular weight excluding hydrogens is 174 g/mol. The molecule has 3 nitrogen and oxygen atoms in total. The number of unbranched alkanes of at least 4 members (excludes halogenated alkanes) is 2. The molecule has 0 bridgehead atoms. The molecule has 0 aliphatic carbocycles. The van der Waals surface area contributed by atoms with Crippen LogP contribution >= 0.6 is 0 Å². The van der Waals surface area contributed by atoms with Gasteiger partial charge in [-0.2, -0.15) is 0 Å². The lowest BCUT2D eigenvalue weighted by Gasteiger charge is -2.10. The number of imidazole rings is 1. The van der Waals surface area contributed by atoms with Gasteiger partial charge in [-0.25, -0.2) is 4.98 Å². The van der Waals surface area contributed by atoms with Crippen LogP contribution in [0.3, 0.4) is 0 Å². The molecule has 0 amide bonds. The lowest BCUT2D eigenvalue weighted by molar-refractivity contribution is 0.540. The number of aromatic nitrogens is 2. The van der Waals surface area contributed by atoms with Gasteiger partial charge >= 0.3 is 0 Å². The van der Waals surface area contributed by atoms with Crippen molar-refractivity contribution >= 4 is 0 Å². The lowest BCUT2D eigenvalue weighted by atomic mass is 10.1. The Morgan fingerprint density at radius 3 is 2.86 bits per heavy atom. The van der Waals surface area contributed by atoms with Crippen LogP contribution in [0.2, 0.25) is 0 Å². The van der Waals surface area contributed by atoms with E-state index in [-0.39, 0.29) is 6.04 Å². The van der Waals surface area contributed by atoms with Crippen molar-refractivity contribution in [3.05, 3.63) is 18.2 Å². The second kappa shape index (κ2) is 5.81. The molecule has 1 aromatic rings. The van der Waals surface area contributed by atoms with Crippen molar-refractivity contribution in [3.8, 4) is 0 Å². The average Bonchev–Trinajstić information content (AvgIpc) is 2.52. The number of rotatable bonds is 6. The van der Waals surface area contributed by atoms with Gasteiger partial charge in [-0.05, 0) is 6.42 Å². The SMILES string of the molecule is CCCCCC(N)Cc1nccn1C. The minimum Gasteiger partial charge on any atom is -0.338 e. The van der Waals surface area contributed by atoms with Gasteiger partial charge in [-0.3, -0.25) is 0 Å². The molecule has 0 aromatic carbocycles. The number of aryl methyl sites for hydroxylation is 1. The molecule has 0 aliphatic rings. The third kappa shape index (κ3) is 3.50. The highest BCUT2D eigenvalue weighted by Gasteiger charge is 2.06. The molecule has 14 heavy (non-hydrogen) atoms. The fraction of sp³-hybridized carbons (Fsp3) is 0.727. The van der Waals surface area contributed by atoms with Gasteiger partial charge < -0.3 is 10.3 Å². The van der Waals surface area contributed by atoms with Crippen LogP contribution in [0.5, 0.6) is 0 Å². The zero-order valence-corrected chi connectivity index (χ0v) is 9.24. The minimum atomic E-state index is 0.266. The molecule has 1 aromatic heterocycles. The van der Waals surface area contributed by atoms with Crippen LogP contribution in [-0.2, 0) is 13.5 Å². The van der Waals surface area contributed by atoms with E-state index in [9.17, 15) is 0 Å². The zero-order valence-electron chi connectivity index (χ0n) is 9.24. The van der Waals surface area contributed by atoms with Gasteiger partial charge in [0.2, 0.25) is 0 Å². The van der Waals surface area contributed by atoms with E-state index in [1.807, 2.05) is 24.0 Å². The van der Waals surface area contributed by atoms with Crippen LogP contribution in [-0.4, -0.2) is 15.6 Å². The van der Waals surface area contributed by atoms with Crippen molar-refractivity contribution in [2.75, 3.05) is 0 Å². The summed E-state index contributed by atoms with van der Waals surface area (Å²) in [6.45, 7) is 2.21. The monoisotopic (exact) mass is 195 g/mol. The number of nitrogens with two attached hydrogens (primary N) is 1. The van der Waals surface area contributed by atoms with Crippen LogP contribution < -0.4 is 5.73 Å². The van der Waals surface area contributed by atoms with Crippen LogP contribution in [0.1, 0.15) is 38.4 Å². The largest absolute Gasteiger partial charge is 0.338 e. The molecule has 1 rings (SSSR count). The molecular formula is C11H21N3. The summed E-state index contributed by atoms with van der Waals surface area (Å²) in [6, 6.07) is 0.266. The topological polar surface area (TPSA) is 43.8 Å². The van der Waals surface area contributed by atoms with Crippen molar-refractivity contribution in [1.29, 1.82) is 0 Å². The number of hydrogen-bond donors (Lipinski definition) is 1. The first-order valence-corrected chi connectivity index (χ1v) is 5.45. The van der Waals surface area contributed by atoms with Crippen LogP contribution in [0.4, 0.5) is 0 Å². The second-order valence-corrected chi connectivity index (χ2v) is 3.91. The summed E-state index contributed by atoms with van der Waals surface area (Å²) in [5, 5.41) is 0. The molecule has 3 heteroatoms. The summed E-state index contributed by atoms with van der Waals surface area (Å²) < 4.78 is 2.04. The molecule has 1 atom stereocenters. The van der Waals surface area contributed by atoms with Crippen molar-refractivity contribution in [2.24, 2.45) is 12.8 Å². The van der Waals surface area contributed by atoms with E-state index in [4.69, 9.17) is 5.73 Å². The smallest absolute Gasteiger partial charge is 0.109 e. The highest BCUT2D eigenvalue weighted by atomic mass is 15.0. The van der Waals surface area contributed by atoms with Crippen molar-refractivity contribution < 1.29 is 0 Å². The number of hydrogen-bond acceptors (Lipinski definition) is 2. The van der Waals surface area contributed by atoms with Gasteiger partial charge in [-0.15, -0.1) is 0 Å². The van der Waals surface area contributed by atoms with E-state index in [2.05, 4.69) is 11.9 Å². The van der Waals surface area contributed by atoms with E-state index in [0.29, 0.717) is 0 Å². The highest BCUT2D eigenvalue weighted by Crippen LogP contribution is 2.06. The summed E-state index contributed by atoms with van der Waals surface area (Å²) in [4.78, 5) is 4.27. The molecule has 0 spiro atoms. The maximum atomic E-state index is 6.02. The summed E-state index contributed by atoms with van der Waals surface area (Å²) in [6.07, 6.45) is 9.58. The summed E-state index contributed by atoms with van der Waals surface area (Å²) in [7, 11) is 2.01. The molecule has 0 fully saturated rings. The summed E-state index contributed by atoms with van der Waals surface area (Å²) in [5.74, 6) is 1.09. The van der Waals surface area contributed by atoms with Crippen molar-refractivity contribution in [2.45, 2.75) is 45.1 Å².